The molecule has 0 spiro atoms. The van der Waals surface area contributed by atoms with E-state index in [1.165, 1.54) is 11.6 Å². The Morgan fingerprint density at radius 1 is 1.00 bits per heavy atom. The molecular weight excluding hydrogens is 597 g/mol. The first-order valence-electron chi connectivity index (χ1n) is 16.5. The van der Waals surface area contributed by atoms with E-state index in [1.54, 1.807) is 12.1 Å². The van der Waals surface area contributed by atoms with E-state index >= 15 is 4.39 Å². The van der Waals surface area contributed by atoms with Gasteiger partial charge in [0.15, 0.2) is 0 Å². The fraction of sp³-hybridized carbons (Fsp3) is 0.667. The van der Waals surface area contributed by atoms with Crippen molar-refractivity contribution in [3.05, 3.63) is 47.5 Å². The molecule has 0 saturated carbocycles. The summed E-state index contributed by atoms with van der Waals surface area (Å²) >= 11 is 0. The van der Waals surface area contributed by atoms with Crippen LogP contribution in [-0.4, -0.2) is 135 Å². The van der Waals surface area contributed by atoms with E-state index in [2.05, 4.69) is 21.8 Å². The van der Waals surface area contributed by atoms with Gasteiger partial charge >= 0.3 is 0 Å². The van der Waals surface area contributed by atoms with Gasteiger partial charge in [-0.15, -0.1) is 0 Å². The average Bonchev–Trinajstić information content (AvgIpc) is 3.08. The maximum Gasteiger partial charge on any atom is 0.225 e. The van der Waals surface area contributed by atoms with E-state index in [9.17, 15) is 25.2 Å². The standard InChI is InChI=1S/C33H50FN5O7/c1-2-4-24-18-35-33(36-19-24)39-10-8-23(9-11-39)5-3-16-46-25-6-7-26(27(34)17-25)28(21-40)38-14-12-37(13-15-38)20-29(42)31(44)32(45)30(43)22-41/h6-7,17-19,21,23,28-32,41-45H,2-5,8-16,20,22H2,1H3/t28?,29-,30+,31+,32+/m0/s1. The zero-order valence-corrected chi connectivity index (χ0v) is 26.7. The number of piperidine rings is 1. The number of halogens is 1. The average molecular weight is 648 g/mol. The first-order valence-corrected chi connectivity index (χ1v) is 16.5. The molecule has 5 atom stereocenters. The highest BCUT2D eigenvalue weighted by molar-refractivity contribution is 5.62. The Labute approximate surface area is 270 Å². The van der Waals surface area contributed by atoms with Crippen LogP contribution in [0.25, 0.3) is 0 Å². The number of aryl methyl sites for hydroxylation is 1. The number of carbonyl (C=O) groups is 1. The summed E-state index contributed by atoms with van der Waals surface area (Å²) < 4.78 is 21.0. The molecule has 1 aromatic heterocycles. The molecule has 1 unspecified atom stereocenters. The van der Waals surface area contributed by atoms with Crippen LogP contribution in [-0.2, 0) is 11.2 Å². The molecule has 1 aromatic carbocycles. The van der Waals surface area contributed by atoms with E-state index in [4.69, 9.17) is 9.84 Å². The Morgan fingerprint density at radius 3 is 2.28 bits per heavy atom. The van der Waals surface area contributed by atoms with Crippen molar-refractivity contribution in [3.63, 3.8) is 0 Å². The molecule has 0 radical (unpaired) electrons. The van der Waals surface area contributed by atoms with E-state index in [0.717, 1.165) is 63.8 Å². The fourth-order valence-corrected chi connectivity index (χ4v) is 6.27. The van der Waals surface area contributed by atoms with Crippen molar-refractivity contribution < 1.29 is 39.5 Å². The van der Waals surface area contributed by atoms with Crippen molar-refractivity contribution in [2.24, 2.45) is 5.92 Å². The number of benzene rings is 1. The van der Waals surface area contributed by atoms with Gasteiger partial charge in [0.25, 0.3) is 0 Å². The summed E-state index contributed by atoms with van der Waals surface area (Å²) in [4.78, 5) is 27.1. The molecule has 46 heavy (non-hydrogen) atoms. The Kier molecular flexibility index (Phi) is 14.1. The van der Waals surface area contributed by atoms with Crippen molar-refractivity contribution >= 4 is 12.2 Å². The number of aromatic nitrogens is 2. The molecule has 0 amide bonds. The third-order valence-electron chi connectivity index (χ3n) is 9.14. The molecule has 12 nitrogen and oxygen atoms in total. The van der Waals surface area contributed by atoms with Gasteiger partial charge in [-0.2, -0.15) is 0 Å². The van der Waals surface area contributed by atoms with E-state index in [0.29, 0.717) is 44.5 Å². The summed E-state index contributed by atoms with van der Waals surface area (Å²) in [5.74, 6) is 1.32. The lowest BCUT2D eigenvalue weighted by atomic mass is 9.92. The smallest absolute Gasteiger partial charge is 0.225 e. The predicted molar refractivity (Wildman–Crippen MR) is 170 cm³/mol. The zero-order chi connectivity index (χ0) is 33.1. The first-order chi connectivity index (χ1) is 22.2. The summed E-state index contributed by atoms with van der Waals surface area (Å²) in [6.07, 6.45) is 4.47. The van der Waals surface area contributed by atoms with E-state index in [-0.39, 0.29) is 12.1 Å². The number of nitrogens with zero attached hydrogens (tertiary/aromatic N) is 5. The van der Waals surface area contributed by atoms with Gasteiger partial charge in [0.1, 0.15) is 36.2 Å². The lowest BCUT2D eigenvalue weighted by Gasteiger charge is -2.39. The summed E-state index contributed by atoms with van der Waals surface area (Å²) in [5, 5.41) is 48.7. The van der Waals surface area contributed by atoms with E-state index < -0.39 is 42.9 Å². The molecule has 0 aliphatic carbocycles. The molecule has 3 heterocycles. The summed E-state index contributed by atoms with van der Waals surface area (Å²) in [6, 6.07) is 3.84. The second-order valence-corrected chi connectivity index (χ2v) is 12.5. The highest BCUT2D eigenvalue weighted by atomic mass is 19.1. The molecule has 2 aromatic rings. The van der Waals surface area contributed by atoms with Crippen LogP contribution in [0.1, 0.15) is 56.2 Å². The van der Waals surface area contributed by atoms with Gasteiger partial charge in [-0.05, 0) is 49.7 Å². The number of ether oxygens (including phenoxy) is 1. The molecule has 0 bridgehead atoms. The minimum atomic E-state index is -1.69. The lowest BCUT2D eigenvalue weighted by Crippen LogP contribution is -2.54. The minimum absolute atomic E-state index is 0.0259. The Morgan fingerprint density at radius 2 is 1.67 bits per heavy atom. The number of carbonyl (C=O) groups excluding carboxylic acids is 1. The number of piperazine rings is 1. The van der Waals surface area contributed by atoms with Gasteiger partial charge in [-0.25, -0.2) is 14.4 Å². The zero-order valence-electron chi connectivity index (χ0n) is 26.7. The third-order valence-corrected chi connectivity index (χ3v) is 9.14. The quantitative estimate of drug-likeness (QED) is 0.122. The number of aliphatic hydroxyl groups excluding tert-OH is 5. The molecule has 5 N–H and O–H groups in total. The molecule has 2 saturated heterocycles. The lowest BCUT2D eigenvalue weighted by molar-refractivity contribution is -0.122. The summed E-state index contributed by atoms with van der Waals surface area (Å²) in [6.45, 7) is 5.50. The molecule has 256 valence electrons. The number of hydrogen-bond donors (Lipinski definition) is 5. The molecule has 2 aliphatic rings. The Balaban J connectivity index is 1.17. The van der Waals surface area contributed by atoms with Gasteiger partial charge in [-0.3, -0.25) is 9.80 Å². The van der Waals surface area contributed by atoms with Gasteiger partial charge < -0.3 is 40.0 Å². The SMILES string of the molecule is CCCc1cnc(N2CCC(CCCOc3ccc(C(C=O)N4CCN(C[C@H](O)[C@@H](O)[C@H](O)[C@H](O)CO)CC4)c(F)c3)CC2)nc1. The van der Waals surface area contributed by atoms with Crippen LogP contribution >= 0.6 is 0 Å². The van der Waals surface area contributed by atoms with Crippen LogP contribution in [0.15, 0.2) is 30.6 Å². The van der Waals surface area contributed by atoms with E-state index in [1.807, 2.05) is 22.2 Å². The maximum absolute atomic E-state index is 15.2. The topological polar surface area (TPSA) is 163 Å². The number of anilines is 1. The highest BCUT2D eigenvalue weighted by Crippen LogP contribution is 2.28. The van der Waals surface area contributed by atoms with Crippen LogP contribution < -0.4 is 9.64 Å². The van der Waals surface area contributed by atoms with Crippen LogP contribution in [0, 0.1) is 11.7 Å². The summed E-state index contributed by atoms with van der Waals surface area (Å²) in [5.41, 5.74) is 1.44. The van der Waals surface area contributed by atoms with Crippen molar-refractivity contribution in [1.29, 1.82) is 0 Å². The number of aliphatic hydroxyl groups is 5. The summed E-state index contributed by atoms with van der Waals surface area (Å²) in [7, 11) is 0. The Hall–Kier alpha value is -2.78. The second-order valence-electron chi connectivity index (χ2n) is 12.5. The largest absolute Gasteiger partial charge is 0.493 e. The normalized spacial score (nSPS) is 20.2. The second kappa shape index (κ2) is 17.9. The monoisotopic (exact) mass is 647 g/mol. The maximum atomic E-state index is 15.2. The van der Waals surface area contributed by atoms with Crippen molar-refractivity contribution in [2.45, 2.75) is 75.9 Å². The molecule has 13 heteroatoms. The fourth-order valence-electron chi connectivity index (χ4n) is 6.27. The highest BCUT2D eigenvalue weighted by Gasteiger charge is 2.33. The minimum Gasteiger partial charge on any atom is -0.493 e. The van der Waals surface area contributed by atoms with Crippen LogP contribution in [0.3, 0.4) is 0 Å². The predicted octanol–water partition coefficient (Wildman–Crippen LogP) is 0.937. The number of hydrogen-bond acceptors (Lipinski definition) is 12. The van der Waals surface area contributed by atoms with Crippen LogP contribution in [0.2, 0.25) is 0 Å². The van der Waals surface area contributed by atoms with Crippen molar-refractivity contribution in [1.82, 2.24) is 19.8 Å². The molecule has 2 aliphatic heterocycles. The van der Waals surface area contributed by atoms with Crippen LogP contribution in [0.4, 0.5) is 10.3 Å². The van der Waals surface area contributed by atoms with Gasteiger partial charge in [0, 0.05) is 69.8 Å². The van der Waals surface area contributed by atoms with Crippen LogP contribution in [0.5, 0.6) is 5.75 Å². The van der Waals surface area contributed by atoms with Gasteiger partial charge in [-0.1, -0.05) is 19.4 Å². The molecule has 2 fully saturated rings. The molecule has 4 rings (SSSR count). The Bertz CT molecular complexity index is 1200. The van der Waals surface area contributed by atoms with Gasteiger partial charge in [0.2, 0.25) is 5.95 Å². The number of rotatable bonds is 17. The third kappa shape index (κ3) is 9.86. The molecular formula is C33H50FN5O7. The van der Waals surface area contributed by atoms with Gasteiger partial charge in [0.05, 0.1) is 25.4 Å². The first kappa shape index (κ1) is 36.1. The number of aldehydes is 1. The van der Waals surface area contributed by atoms with Crippen molar-refractivity contribution in [2.75, 3.05) is 63.9 Å². The van der Waals surface area contributed by atoms with Crippen molar-refractivity contribution in [3.8, 4) is 5.75 Å². The number of β-amino-alcohol motifs (C(OH)–C–C–N with tert-alkyl or cyclic N) is 1.